The molecular formula is C9H9Cl2NO2. The summed E-state index contributed by atoms with van der Waals surface area (Å²) in [5, 5.41) is 9.54. The lowest BCUT2D eigenvalue weighted by molar-refractivity contribution is -0.141. The molecule has 0 radical (unpaired) electrons. The van der Waals surface area contributed by atoms with Crippen molar-refractivity contribution in [2.24, 2.45) is 5.92 Å². The highest BCUT2D eigenvalue weighted by molar-refractivity contribution is 6.35. The zero-order valence-corrected chi connectivity index (χ0v) is 9.01. The summed E-state index contributed by atoms with van der Waals surface area (Å²) in [6.45, 7) is 1.61. The van der Waals surface area contributed by atoms with Gasteiger partial charge in [0, 0.05) is 12.4 Å². The number of aromatic nitrogens is 1. The van der Waals surface area contributed by atoms with Gasteiger partial charge in [0.15, 0.2) is 0 Å². The Labute approximate surface area is 91.7 Å². The van der Waals surface area contributed by atoms with Crippen molar-refractivity contribution >= 4 is 29.2 Å². The van der Waals surface area contributed by atoms with Gasteiger partial charge in [-0.05, 0) is 12.0 Å². The van der Waals surface area contributed by atoms with Crippen molar-refractivity contribution < 1.29 is 9.90 Å². The molecule has 1 aromatic rings. The number of aliphatic carboxylic acids is 1. The van der Waals surface area contributed by atoms with Crippen LogP contribution in [0.15, 0.2) is 12.4 Å². The number of halogens is 2. The minimum absolute atomic E-state index is 0.315. The van der Waals surface area contributed by atoms with E-state index in [1.54, 1.807) is 6.92 Å². The number of pyridine rings is 1. The lowest BCUT2D eigenvalue weighted by atomic mass is 10.0. The Morgan fingerprint density at radius 2 is 2.00 bits per heavy atom. The number of rotatable bonds is 3. The van der Waals surface area contributed by atoms with Crippen LogP contribution in [0.4, 0.5) is 0 Å². The molecule has 0 aliphatic carbocycles. The predicted octanol–water partition coefficient (Wildman–Crippen LogP) is 2.65. The predicted molar refractivity (Wildman–Crippen MR) is 54.8 cm³/mol. The normalized spacial score (nSPS) is 12.5. The topological polar surface area (TPSA) is 50.2 Å². The van der Waals surface area contributed by atoms with Crippen LogP contribution in [0.5, 0.6) is 0 Å². The third kappa shape index (κ3) is 2.59. The molecule has 5 heteroatoms. The highest BCUT2D eigenvalue weighted by Crippen LogP contribution is 2.25. The molecule has 3 nitrogen and oxygen atoms in total. The summed E-state index contributed by atoms with van der Waals surface area (Å²) in [6.07, 6.45) is 3.23. The standard InChI is InChI=1S/C9H9Cl2NO2/c1-5(9(13)14)2-6-7(10)3-12-4-8(6)11/h3-5H,2H2,1H3,(H,13,14). The molecule has 1 N–H and O–H groups in total. The van der Waals surface area contributed by atoms with E-state index in [4.69, 9.17) is 28.3 Å². The molecule has 0 amide bonds. The van der Waals surface area contributed by atoms with E-state index >= 15 is 0 Å². The van der Waals surface area contributed by atoms with Gasteiger partial charge in [-0.15, -0.1) is 0 Å². The minimum Gasteiger partial charge on any atom is -0.481 e. The van der Waals surface area contributed by atoms with Gasteiger partial charge in [-0.2, -0.15) is 0 Å². The van der Waals surface area contributed by atoms with E-state index in [2.05, 4.69) is 4.98 Å². The summed E-state index contributed by atoms with van der Waals surface area (Å²) < 4.78 is 0. The van der Waals surface area contributed by atoms with Gasteiger partial charge in [0.05, 0.1) is 16.0 Å². The summed E-state index contributed by atoms with van der Waals surface area (Å²) in [5.74, 6) is -1.37. The first-order chi connectivity index (χ1) is 6.52. The summed E-state index contributed by atoms with van der Waals surface area (Å²) in [7, 11) is 0. The minimum atomic E-state index is -0.867. The molecule has 0 bridgehead atoms. The summed E-state index contributed by atoms with van der Waals surface area (Å²) >= 11 is 11.7. The molecule has 76 valence electrons. The highest BCUT2D eigenvalue weighted by atomic mass is 35.5. The molecule has 1 atom stereocenters. The van der Waals surface area contributed by atoms with Crippen LogP contribution >= 0.6 is 23.2 Å². The van der Waals surface area contributed by atoms with Crippen LogP contribution in [-0.4, -0.2) is 16.1 Å². The monoisotopic (exact) mass is 233 g/mol. The van der Waals surface area contributed by atoms with Crippen LogP contribution in [0.3, 0.4) is 0 Å². The quantitative estimate of drug-likeness (QED) is 0.874. The van der Waals surface area contributed by atoms with Crippen LogP contribution < -0.4 is 0 Å². The average molecular weight is 234 g/mol. The molecule has 1 aromatic heterocycles. The van der Waals surface area contributed by atoms with Crippen molar-refractivity contribution in [2.45, 2.75) is 13.3 Å². The second-order valence-corrected chi connectivity index (χ2v) is 3.84. The average Bonchev–Trinajstić information content (AvgIpc) is 2.11. The maximum absolute atomic E-state index is 10.6. The molecule has 14 heavy (non-hydrogen) atoms. The molecular weight excluding hydrogens is 225 g/mol. The first kappa shape index (κ1) is 11.3. The third-order valence-corrected chi connectivity index (χ3v) is 2.54. The Bertz CT molecular complexity index is 334. The van der Waals surface area contributed by atoms with E-state index in [1.165, 1.54) is 12.4 Å². The third-order valence-electron chi connectivity index (χ3n) is 1.88. The maximum atomic E-state index is 10.6. The Balaban J connectivity index is 2.91. The van der Waals surface area contributed by atoms with Crippen LogP contribution in [0.1, 0.15) is 12.5 Å². The number of hydrogen-bond acceptors (Lipinski definition) is 2. The van der Waals surface area contributed by atoms with Crippen LogP contribution in [0.2, 0.25) is 10.0 Å². The first-order valence-corrected chi connectivity index (χ1v) is 4.78. The fourth-order valence-electron chi connectivity index (χ4n) is 1.03. The smallest absolute Gasteiger partial charge is 0.306 e. The number of carbonyl (C=O) groups is 1. The van der Waals surface area contributed by atoms with Crippen LogP contribution in [-0.2, 0) is 11.2 Å². The second-order valence-electron chi connectivity index (χ2n) is 3.03. The van der Waals surface area contributed by atoms with E-state index in [0.717, 1.165) is 0 Å². The van der Waals surface area contributed by atoms with E-state index in [9.17, 15) is 4.79 Å². The first-order valence-electron chi connectivity index (χ1n) is 4.03. The molecule has 0 aliphatic rings. The van der Waals surface area contributed by atoms with Gasteiger partial charge in [0.2, 0.25) is 0 Å². The fourth-order valence-corrected chi connectivity index (χ4v) is 1.55. The second kappa shape index (κ2) is 4.62. The fraction of sp³-hybridized carbons (Fsp3) is 0.333. The summed E-state index contributed by atoms with van der Waals surface area (Å²) in [6, 6.07) is 0. The Morgan fingerprint density at radius 3 is 2.43 bits per heavy atom. The Hall–Kier alpha value is -0.800. The van der Waals surface area contributed by atoms with E-state index in [-0.39, 0.29) is 0 Å². The van der Waals surface area contributed by atoms with E-state index in [0.29, 0.717) is 22.0 Å². The SMILES string of the molecule is CC(Cc1c(Cl)cncc1Cl)C(=O)O. The molecule has 0 fully saturated rings. The van der Waals surface area contributed by atoms with Gasteiger partial charge in [-0.1, -0.05) is 30.1 Å². The zero-order chi connectivity index (χ0) is 10.7. The van der Waals surface area contributed by atoms with Gasteiger partial charge in [0.25, 0.3) is 0 Å². The largest absolute Gasteiger partial charge is 0.481 e. The van der Waals surface area contributed by atoms with Crippen molar-refractivity contribution in [3.05, 3.63) is 28.0 Å². The number of nitrogens with zero attached hydrogens (tertiary/aromatic N) is 1. The maximum Gasteiger partial charge on any atom is 0.306 e. The lowest BCUT2D eigenvalue weighted by Gasteiger charge is -2.08. The molecule has 0 aromatic carbocycles. The zero-order valence-electron chi connectivity index (χ0n) is 7.50. The van der Waals surface area contributed by atoms with Gasteiger partial charge >= 0.3 is 5.97 Å². The van der Waals surface area contributed by atoms with Gasteiger partial charge in [-0.3, -0.25) is 9.78 Å². The number of carboxylic acids is 1. The molecule has 1 rings (SSSR count). The van der Waals surface area contributed by atoms with E-state index < -0.39 is 11.9 Å². The molecule has 0 aliphatic heterocycles. The molecule has 1 unspecified atom stereocenters. The van der Waals surface area contributed by atoms with Crippen molar-refractivity contribution in [2.75, 3.05) is 0 Å². The van der Waals surface area contributed by atoms with Crippen molar-refractivity contribution in [3.63, 3.8) is 0 Å². The van der Waals surface area contributed by atoms with Gasteiger partial charge < -0.3 is 5.11 Å². The molecule has 1 heterocycles. The highest BCUT2D eigenvalue weighted by Gasteiger charge is 2.15. The van der Waals surface area contributed by atoms with Gasteiger partial charge in [0.1, 0.15) is 0 Å². The van der Waals surface area contributed by atoms with Crippen molar-refractivity contribution in [1.82, 2.24) is 4.98 Å². The molecule has 0 spiro atoms. The Morgan fingerprint density at radius 1 is 1.50 bits per heavy atom. The molecule has 0 saturated carbocycles. The molecule has 0 saturated heterocycles. The van der Waals surface area contributed by atoms with Crippen molar-refractivity contribution in [1.29, 1.82) is 0 Å². The van der Waals surface area contributed by atoms with Crippen LogP contribution in [0, 0.1) is 5.92 Å². The number of carboxylic acid groups (broad SMARTS) is 1. The summed E-state index contributed by atoms with van der Waals surface area (Å²) in [4.78, 5) is 14.4. The van der Waals surface area contributed by atoms with Gasteiger partial charge in [-0.25, -0.2) is 0 Å². The van der Waals surface area contributed by atoms with E-state index in [1.807, 2.05) is 0 Å². The summed E-state index contributed by atoms with van der Waals surface area (Å²) in [5.41, 5.74) is 0.637. The number of hydrogen-bond donors (Lipinski definition) is 1. The van der Waals surface area contributed by atoms with Crippen molar-refractivity contribution in [3.8, 4) is 0 Å². The lowest BCUT2D eigenvalue weighted by Crippen LogP contribution is -2.12. The Kier molecular flexibility index (Phi) is 3.72. The van der Waals surface area contributed by atoms with Crippen LogP contribution in [0.25, 0.3) is 0 Å².